The van der Waals surface area contributed by atoms with E-state index in [1.807, 2.05) is 0 Å². The lowest BCUT2D eigenvalue weighted by Crippen LogP contribution is -2.32. The van der Waals surface area contributed by atoms with Gasteiger partial charge in [0.05, 0.1) is 0 Å². The summed E-state index contributed by atoms with van der Waals surface area (Å²) in [7, 11) is 0.951. The second kappa shape index (κ2) is 9.14. The van der Waals surface area contributed by atoms with Gasteiger partial charge in [-0.05, 0) is 71.3 Å². The van der Waals surface area contributed by atoms with Gasteiger partial charge in [0, 0.05) is 0 Å². The Morgan fingerprint density at radius 1 is 0.647 bits per heavy atom. The second-order valence-electron chi connectivity index (χ2n) is 9.93. The third-order valence-corrected chi connectivity index (χ3v) is 7.62. The van der Waals surface area contributed by atoms with Crippen LogP contribution in [0, 0.1) is 20.8 Å². The predicted octanol–water partition coefficient (Wildman–Crippen LogP) is 7.49. The second-order valence-corrected chi connectivity index (χ2v) is 9.93. The Kier molecular flexibility index (Phi) is 6.04. The zero-order valence-electron chi connectivity index (χ0n) is 21.1. The fourth-order valence-corrected chi connectivity index (χ4v) is 5.60. The molecular weight excluding hydrogens is 407 g/mol. The summed E-state index contributed by atoms with van der Waals surface area (Å²) in [5, 5.41) is 5.41. The molecule has 0 aliphatic heterocycles. The molecule has 0 saturated heterocycles. The molecule has 34 heavy (non-hydrogen) atoms. The highest BCUT2D eigenvalue weighted by atomic mass is 14.2. The number of benzene rings is 5. The first-order valence-electron chi connectivity index (χ1n) is 12.6. The van der Waals surface area contributed by atoms with Crippen LogP contribution in [-0.4, -0.2) is 7.28 Å². The summed E-state index contributed by atoms with van der Waals surface area (Å²) >= 11 is 0. The van der Waals surface area contributed by atoms with Gasteiger partial charge in [0.15, 0.2) is 7.28 Å². The minimum Gasteiger partial charge on any atom is -0.0728 e. The average Bonchev–Trinajstić information content (AvgIpc) is 2.85. The molecule has 0 aromatic heterocycles. The molecule has 0 spiro atoms. The van der Waals surface area contributed by atoms with Crippen molar-refractivity contribution in [2.75, 3.05) is 0 Å². The molecule has 0 aliphatic rings. The first-order valence-corrected chi connectivity index (χ1v) is 12.6. The summed E-state index contributed by atoms with van der Waals surface area (Å²) in [4.78, 5) is 0. The molecule has 5 aromatic carbocycles. The number of hydrogen-bond donors (Lipinski definition) is 0. The highest BCUT2D eigenvalue weighted by molar-refractivity contribution is 6.73. The Bertz CT molecular complexity index is 1410. The zero-order valence-corrected chi connectivity index (χ0v) is 21.1. The van der Waals surface area contributed by atoms with Gasteiger partial charge in [0.1, 0.15) is 0 Å². The maximum absolute atomic E-state index is 2.32. The number of aryl methyl sites for hydroxylation is 3. The molecule has 0 nitrogen and oxygen atoms in total. The molecule has 0 bridgehead atoms. The Hall–Kier alpha value is -3.32. The zero-order chi connectivity index (χ0) is 23.8. The lowest BCUT2D eigenvalue weighted by molar-refractivity contribution is 0.734. The van der Waals surface area contributed by atoms with Crippen molar-refractivity contribution in [1.82, 2.24) is 0 Å². The van der Waals surface area contributed by atoms with Gasteiger partial charge in [0.25, 0.3) is 0 Å². The van der Waals surface area contributed by atoms with E-state index < -0.39 is 0 Å². The van der Waals surface area contributed by atoms with E-state index in [0.29, 0.717) is 5.92 Å². The van der Waals surface area contributed by atoms with Crippen molar-refractivity contribution in [1.29, 1.82) is 0 Å². The van der Waals surface area contributed by atoms with Crippen molar-refractivity contribution in [3.8, 4) is 11.1 Å². The summed E-state index contributed by atoms with van der Waals surface area (Å²) in [5.41, 5.74) is 11.1. The number of rotatable bonds is 5. The molecule has 0 heterocycles. The Morgan fingerprint density at radius 3 is 1.65 bits per heavy atom. The van der Waals surface area contributed by atoms with E-state index in [1.165, 1.54) is 65.9 Å². The Balaban J connectivity index is 1.77. The quantitative estimate of drug-likeness (QED) is 0.196. The van der Waals surface area contributed by atoms with Crippen molar-refractivity contribution >= 4 is 39.8 Å². The molecule has 0 N–H and O–H groups in total. The van der Waals surface area contributed by atoms with Crippen LogP contribution in [0.5, 0.6) is 0 Å². The van der Waals surface area contributed by atoms with Crippen LogP contribution in [0.1, 0.15) is 48.4 Å². The number of hydrogen-bond acceptors (Lipinski definition) is 0. The molecule has 5 aromatic rings. The van der Waals surface area contributed by atoms with Gasteiger partial charge in [-0.3, -0.25) is 0 Å². The fraction of sp³-hybridized carbons (Fsp3) is 0.212. The van der Waals surface area contributed by atoms with Crippen molar-refractivity contribution in [2.24, 2.45) is 0 Å². The molecule has 5 rings (SSSR count). The molecule has 0 amide bonds. The van der Waals surface area contributed by atoms with Crippen molar-refractivity contribution < 1.29 is 0 Å². The normalized spacial score (nSPS) is 12.3. The Morgan fingerprint density at radius 2 is 1.15 bits per heavy atom. The van der Waals surface area contributed by atoms with E-state index in [-0.39, 0.29) is 0 Å². The maximum Gasteiger partial charge on any atom is 0.194 e. The van der Waals surface area contributed by atoms with E-state index in [9.17, 15) is 0 Å². The van der Waals surface area contributed by atoms with Crippen LogP contribution in [0.3, 0.4) is 0 Å². The average molecular weight is 440 g/mol. The highest BCUT2D eigenvalue weighted by Gasteiger charge is 2.18. The van der Waals surface area contributed by atoms with Crippen LogP contribution in [-0.2, 0) is 0 Å². The molecule has 0 saturated carbocycles. The minimum absolute atomic E-state index is 0.589. The van der Waals surface area contributed by atoms with E-state index >= 15 is 0 Å². The monoisotopic (exact) mass is 440 g/mol. The van der Waals surface area contributed by atoms with Gasteiger partial charge in [-0.1, -0.05) is 126 Å². The maximum atomic E-state index is 2.32. The summed E-state index contributed by atoms with van der Waals surface area (Å²) < 4.78 is 0. The van der Waals surface area contributed by atoms with Gasteiger partial charge in [-0.25, -0.2) is 0 Å². The molecule has 0 aliphatic carbocycles. The first-order chi connectivity index (χ1) is 16.5. The summed E-state index contributed by atoms with van der Waals surface area (Å²) in [6.45, 7) is 11.3. The predicted molar refractivity (Wildman–Crippen MR) is 153 cm³/mol. The van der Waals surface area contributed by atoms with Gasteiger partial charge in [-0.15, -0.1) is 0 Å². The van der Waals surface area contributed by atoms with Crippen molar-refractivity contribution in [3.05, 3.63) is 107 Å². The lowest BCUT2D eigenvalue weighted by atomic mass is 9.58. The van der Waals surface area contributed by atoms with E-state index in [2.05, 4.69) is 120 Å². The van der Waals surface area contributed by atoms with Gasteiger partial charge in [0.2, 0.25) is 0 Å². The first kappa shape index (κ1) is 22.5. The van der Waals surface area contributed by atoms with Crippen LogP contribution in [0.4, 0.5) is 0 Å². The van der Waals surface area contributed by atoms with Gasteiger partial charge >= 0.3 is 0 Å². The lowest BCUT2D eigenvalue weighted by Gasteiger charge is -2.19. The largest absolute Gasteiger partial charge is 0.194 e. The van der Waals surface area contributed by atoms with Crippen LogP contribution in [0.15, 0.2) is 84.9 Å². The van der Waals surface area contributed by atoms with E-state index in [0.717, 1.165) is 13.7 Å². The highest BCUT2D eigenvalue weighted by Crippen LogP contribution is 2.36. The van der Waals surface area contributed by atoms with Crippen LogP contribution in [0.2, 0.25) is 0 Å². The summed E-state index contributed by atoms with van der Waals surface area (Å²) in [5.74, 6) is 0.589. The standard InChI is InChI=1S/C33H33B/c1-6-22(3)25-15-17-26(18-16-25)31-27-11-7-9-13-29(27)33(30-14-10-8-12-28(30)31)34-32-23(4)19-21(2)20-24(32)5/h7-20,22,34H,6H2,1-5H3. The molecule has 0 fully saturated rings. The SMILES string of the molecule is CCC(C)c1ccc(-c2c3ccccc3c(Bc3c(C)cc(C)cc3C)c3ccccc23)cc1. The van der Waals surface area contributed by atoms with Crippen molar-refractivity contribution in [2.45, 2.75) is 47.0 Å². The summed E-state index contributed by atoms with van der Waals surface area (Å²) in [6.07, 6.45) is 1.16. The van der Waals surface area contributed by atoms with Crippen LogP contribution < -0.4 is 10.9 Å². The smallest absolute Gasteiger partial charge is 0.0728 e. The summed E-state index contributed by atoms with van der Waals surface area (Å²) in [6, 6.07) is 31.9. The van der Waals surface area contributed by atoms with Crippen LogP contribution >= 0.6 is 0 Å². The van der Waals surface area contributed by atoms with E-state index in [4.69, 9.17) is 0 Å². The fourth-order valence-electron chi connectivity index (χ4n) is 5.60. The third-order valence-electron chi connectivity index (χ3n) is 7.62. The van der Waals surface area contributed by atoms with Crippen LogP contribution in [0.25, 0.3) is 32.7 Å². The molecular formula is C33H33B. The van der Waals surface area contributed by atoms with E-state index in [1.54, 1.807) is 0 Å². The van der Waals surface area contributed by atoms with Crippen molar-refractivity contribution in [3.63, 3.8) is 0 Å². The third kappa shape index (κ3) is 3.94. The molecule has 1 unspecified atom stereocenters. The van der Waals surface area contributed by atoms with Gasteiger partial charge < -0.3 is 0 Å². The topological polar surface area (TPSA) is 0 Å². The molecule has 1 atom stereocenters. The van der Waals surface area contributed by atoms with Gasteiger partial charge in [-0.2, -0.15) is 0 Å². The molecule has 168 valence electrons. The molecule has 1 heteroatoms. The Labute approximate surface area is 204 Å². The number of fused-ring (bicyclic) bond motifs is 2. The minimum atomic E-state index is 0.589. The molecule has 0 radical (unpaired) electrons.